The van der Waals surface area contributed by atoms with Crippen molar-refractivity contribution >= 4 is 23.7 Å². The molecule has 1 aliphatic carbocycles. The molecular formula is C9H14O4S. The average molecular weight is 218 g/mol. The third-order valence-electron chi connectivity index (χ3n) is 2.77. The van der Waals surface area contributed by atoms with Crippen LogP contribution >= 0.6 is 11.8 Å². The molecule has 5 heteroatoms. The molecule has 0 aliphatic heterocycles. The number of hydrogen-bond donors (Lipinski definition) is 2. The van der Waals surface area contributed by atoms with Crippen molar-refractivity contribution < 1.29 is 19.8 Å². The van der Waals surface area contributed by atoms with Crippen LogP contribution in [-0.2, 0) is 9.59 Å². The topological polar surface area (TPSA) is 74.6 Å². The van der Waals surface area contributed by atoms with Gasteiger partial charge >= 0.3 is 11.9 Å². The van der Waals surface area contributed by atoms with Crippen LogP contribution in [0.1, 0.15) is 19.3 Å². The van der Waals surface area contributed by atoms with E-state index >= 15 is 0 Å². The van der Waals surface area contributed by atoms with E-state index in [-0.39, 0.29) is 0 Å². The van der Waals surface area contributed by atoms with E-state index in [4.69, 9.17) is 10.2 Å². The Morgan fingerprint density at radius 1 is 1.14 bits per heavy atom. The molecule has 1 fully saturated rings. The largest absolute Gasteiger partial charge is 0.481 e. The number of thioether (sulfide) groups is 1. The van der Waals surface area contributed by atoms with Gasteiger partial charge in [-0.25, -0.2) is 0 Å². The van der Waals surface area contributed by atoms with Crippen molar-refractivity contribution in [2.45, 2.75) is 24.5 Å². The third kappa shape index (κ3) is 2.41. The number of rotatable bonds is 3. The van der Waals surface area contributed by atoms with Crippen molar-refractivity contribution in [1.29, 1.82) is 0 Å². The Hall–Kier alpha value is -0.710. The molecule has 0 aromatic heterocycles. The van der Waals surface area contributed by atoms with Gasteiger partial charge in [0, 0.05) is 5.25 Å². The Morgan fingerprint density at radius 2 is 1.71 bits per heavy atom. The Morgan fingerprint density at radius 3 is 2.14 bits per heavy atom. The molecule has 0 amide bonds. The third-order valence-corrected chi connectivity index (χ3v) is 3.86. The molecule has 80 valence electrons. The maximum absolute atomic E-state index is 10.9. The van der Waals surface area contributed by atoms with Gasteiger partial charge in [-0.15, -0.1) is 0 Å². The van der Waals surface area contributed by atoms with E-state index < -0.39 is 23.8 Å². The Kier molecular flexibility index (Phi) is 3.80. The molecule has 3 atom stereocenters. The normalized spacial score (nSPS) is 32.5. The predicted octanol–water partition coefficient (Wildman–Crippen LogP) is 1.30. The summed E-state index contributed by atoms with van der Waals surface area (Å²) < 4.78 is 0. The van der Waals surface area contributed by atoms with Crippen LogP contribution in [0.3, 0.4) is 0 Å². The molecule has 0 aromatic carbocycles. The minimum Gasteiger partial charge on any atom is -0.481 e. The van der Waals surface area contributed by atoms with Crippen molar-refractivity contribution in [3.63, 3.8) is 0 Å². The number of hydrogen-bond acceptors (Lipinski definition) is 3. The SMILES string of the molecule is CSC1CCC(C(=O)O)C(C(=O)O)C1. The first-order valence-electron chi connectivity index (χ1n) is 4.54. The monoisotopic (exact) mass is 218 g/mol. The van der Waals surface area contributed by atoms with Crippen LogP contribution in [0, 0.1) is 11.8 Å². The second kappa shape index (κ2) is 4.68. The van der Waals surface area contributed by atoms with Gasteiger partial charge in [-0.2, -0.15) is 11.8 Å². The molecule has 4 nitrogen and oxygen atoms in total. The van der Waals surface area contributed by atoms with Crippen LogP contribution in [-0.4, -0.2) is 33.7 Å². The maximum atomic E-state index is 10.9. The summed E-state index contributed by atoms with van der Waals surface area (Å²) in [7, 11) is 0. The van der Waals surface area contributed by atoms with E-state index in [0.29, 0.717) is 18.1 Å². The molecule has 3 unspecified atom stereocenters. The Bertz CT molecular complexity index is 241. The zero-order chi connectivity index (χ0) is 10.7. The molecule has 14 heavy (non-hydrogen) atoms. The van der Waals surface area contributed by atoms with Crippen LogP contribution < -0.4 is 0 Å². The summed E-state index contributed by atoms with van der Waals surface area (Å²) in [6, 6.07) is 0. The Balaban J connectivity index is 2.70. The van der Waals surface area contributed by atoms with E-state index in [0.717, 1.165) is 6.42 Å². The Labute approximate surface area is 86.7 Å². The summed E-state index contributed by atoms with van der Waals surface area (Å²) in [5.74, 6) is -3.36. The van der Waals surface area contributed by atoms with Crippen LogP contribution in [0.2, 0.25) is 0 Å². The summed E-state index contributed by atoms with van der Waals surface area (Å²) in [5, 5.41) is 18.0. The molecule has 0 aromatic rings. The smallest absolute Gasteiger partial charge is 0.307 e. The molecule has 1 aliphatic rings. The second-order valence-corrected chi connectivity index (χ2v) is 4.70. The minimum atomic E-state index is -0.976. The van der Waals surface area contributed by atoms with Gasteiger partial charge in [0.25, 0.3) is 0 Å². The fourth-order valence-electron chi connectivity index (χ4n) is 1.91. The van der Waals surface area contributed by atoms with Crippen LogP contribution in [0.5, 0.6) is 0 Å². The fourth-order valence-corrected chi connectivity index (χ4v) is 2.69. The molecule has 0 bridgehead atoms. The van der Waals surface area contributed by atoms with Crippen molar-refractivity contribution in [3.8, 4) is 0 Å². The molecule has 0 spiro atoms. The fraction of sp³-hybridized carbons (Fsp3) is 0.778. The van der Waals surface area contributed by atoms with Gasteiger partial charge in [0.1, 0.15) is 0 Å². The number of aliphatic carboxylic acids is 2. The van der Waals surface area contributed by atoms with Gasteiger partial charge < -0.3 is 10.2 Å². The highest BCUT2D eigenvalue weighted by Gasteiger charge is 2.39. The van der Waals surface area contributed by atoms with Crippen LogP contribution in [0.4, 0.5) is 0 Å². The van der Waals surface area contributed by atoms with Gasteiger partial charge in [0.05, 0.1) is 11.8 Å². The van der Waals surface area contributed by atoms with Gasteiger partial charge in [0.15, 0.2) is 0 Å². The molecular weight excluding hydrogens is 204 g/mol. The van der Waals surface area contributed by atoms with E-state index in [1.54, 1.807) is 11.8 Å². The predicted molar refractivity (Wildman–Crippen MR) is 53.4 cm³/mol. The van der Waals surface area contributed by atoms with Crippen LogP contribution in [0.15, 0.2) is 0 Å². The summed E-state index contributed by atoms with van der Waals surface area (Å²) in [6.07, 6.45) is 3.71. The van der Waals surface area contributed by atoms with E-state index in [2.05, 4.69) is 0 Å². The lowest BCUT2D eigenvalue weighted by Crippen LogP contribution is -2.36. The summed E-state index contributed by atoms with van der Waals surface area (Å²) in [4.78, 5) is 21.7. The molecule has 2 N–H and O–H groups in total. The zero-order valence-corrected chi connectivity index (χ0v) is 8.79. The first-order chi connectivity index (χ1) is 6.56. The lowest BCUT2D eigenvalue weighted by Gasteiger charge is -2.30. The van der Waals surface area contributed by atoms with Crippen molar-refractivity contribution in [2.75, 3.05) is 6.26 Å². The first kappa shape index (κ1) is 11.4. The van der Waals surface area contributed by atoms with Crippen molar-refractivity contribution in [3.05, 3.63) is 0 Å². The first-order valence-corrected chi connectivity index (χ1v) is 5.83. The van der Waals surface area contributed by atoms with Crippen molar-refractivity contribution in [2.24, 2.45) is 11.8 Å². The van der Waals surface area contributed by atoms with E-state index in [9.17, 15) is 9.59 Å². The molecule has 1 rings (SSSR count). The molecule has 0 radical (unpaired) electrons. The summed E-state index contributed by atoms with van der Waals surface area (Å²) >= 11 is 1.62. The lowest BCUT2D eigenvalue weighted by molar-refractivity contribution is -0.155. The van der Waals surface area contributed by atoms with E-state index in [1.165, 1.54) is 0 Å². The lowest BCUT2D eigenvalue weighted by atomic mass is 9.79. The molecule has 0 heterocycles. The quantitative estimate of drug-likeness (QED) is 0.747. The summed E-state index contributed by atoms with van der Waals surface area (Å²) in [6.45, 7) is 0. The maximum Gasteiger partial charge on any atom is 0.307 e. The standard InChI is InChI=1S/C9H14O4S/c1-14-5-2-3-6(8(10)11)7(4-5)9(12)13/h5-7H,2-4H2,1H3,(H,10,11)(H,12,13). The van der Waals surface area contributed by atoms with Crippen LogP contribution in [0.25, 0.3) is 0 Å². The zero-order valence-electron chi connectivity index (χ0n) is 7.97. The molecule has 0 saturated heterocycles. The van der Waals surface area contributed by atoms with Gasteiger partial charge in [-0.3, -0.25) is 9.59 Å². The highest BCUT2D eigenvalue weighted by molar-refractivity contribution is 7.99. The summed E-state index contributed by atoms with van der Waals surface area (Å²) in [5.41, 5.74) is 0. The van der Waals surface area contributed by atoms with Gasteiger partial charge in [-0.05, 0) is 25.5 Å². The second-order valence-electron chi connectivity index (χ2n) is 3.56. The minimum absolute atomic E-state index is 0.298. The number of carboxylic acid groups (broad SMARTS) is 2. The average Bonchev–Trinajstić information content (AvgIpc) is 2.16. The number of carboxylic acids is 2. The number of carbonyl (C=O) groups is 2. The van der Waals surface area contributed by atoms with Crippen molar-refractivity contribution in [1.82, 2.24) is 0 Å². The molecule has 1 saturated carbocycles. The van der Waals surface area contributed by atoms with Gasteiger partial charge in [0.2, 0.25) is 0 Å². The highest BCUT2D eigenvalue weighted by Crippen LogP contribution is 2.35. The van der Waals surface area contributed by atoms with Gasteiger partial charge in [-0.1, -0.05) is 0 Å². The van der Waals surface area contributed by atoms with E-state index in [1.807, 2.05) is 6.26 Å². The highest BCUT2D eigenvalue weighted by atomic mass is 32.2.